The first kappa shape index (κ1) is 14.1. The zero-order valence-electron chi connectivity index (χ0n) is 10.7. The van der Waals surface area contributed by atoms with Crippen molar-refractivity contribution in [2.75, 3.05) is 37.8 Å². The topological polar surface area (TPSA) is 70.1 Å². The maximum absolute atomic E-state index is 12.2. The fraction of sp³-hybridized carbons (Fsp3) is 0.417. The first-order valence-electron chi connectivity index (χ1n) is 6.02. The van der Waals surface area contributed by atoms with E-state index < -0.39 is 7.60 Å². The minimum absolute atomic E-state index is 0.0438. The van der Waals surface area contributed by atoms with Crippen molar-refractivity contribution < 1.29 is 18.8 Å². The van der Waals surface area contributed by atoms with Crippen LogP contribution in [-0.4, -0.2) is 48.7 Å². The Morgan fingerprint density at radius 3 is 2.63 bits per heavy atom. The lowest BCUT2D eigenvalue weighted by atomic mass is 10.3. The van der Waals surface area contributed by atoms with Gasteiger partial charge < -0.3 is 14.3 Å². The summed E-state index contributed by atoms with van der Waals surface area (Å²) in [5.74, 6) is 0. The number of hydrogen-bond donors (Lipinski definition) is 1. The molecule has 6 nitrogen and oxygen atoms in total. The molecule has 1 aromatic carbocycles. The Morgan fingerprint density at radius 1 is 1.32 bits per heavy atom. The van der Waals surface area contributed by atoms with Gasteiger partial charge in [-0.3, -0.25) is 9.46 Å². The number of benzene rings is 1. The van der Waals surface area contributed by atoms with Crippen molar-refractivity contribution in [3.63, 3.8) is 0 Å². The van der Waals surface area contributed by atoms with Crippen LogP contribution in [0, 0.1) is 0 Å². The highest BCUT2D eigenvalue weighted by atomic mass is 31.2. The van der Waals surface area contributed by atoms with Crippen LogP contribution >= 0.6 is 7.60 Å². The summed E-state index contributed by atoms with van der Waals surface area (Å²) >= 11 is 0. The van der Waals surface area contributed by atoms with Crippen molar-refractivity contribution in [2.24, 2.45) is 0 Å². The third-order valence-electron chi connectivity index (χ3n) is 3.10. The summed E-state index contributed by atoms with van der Waals surface area (Å²) in [6.45, 7) is 1.37. The number of nitrogens with zero attached hydrogens (tertiary/aromatic N) is 2. The maximum atomic E-state index is 12.2. The fourth-order valence-corrected chi connectivity index (χ4v) is 2.65. The third-order valence-corrected chi connectivity index (χ3v) is 4.44. The van der Waals surface area contributed by atoms with Gasteiger partial charge in [-0.1, -0.05) is 18.2 Å². The summed E-state index contributed by atoms with van der Waals surface area (Å²) in [5.41, 5.74) is 0.842. The highest BCUT2D eigenvalue weighted by Crippen LogP contribution is 2.40. The van der Waals surface area contributed by atoms with Gasteiger partial charge in [-0.15, -0.1) is 0 Å². The van der Waals surface area contributed by atoms with Gasteiger partial charge in [-0.05, 0) is 12.1 Å². The number of hydrogen-bond acceptors (Lipinski definition) is 3. The number of amides is 2. The van der Waals surface area contributed by atoms with E-state index in [-0.39, 0.29) is 18.7 Å². The number of carbonyl (C=O) groups is 1. The fourth-order valence-electron chi connectivity index (χ4n) is 1.98. The Labute approximate surface area is 112 Å². The van der Waals surface area contributed by atoms with Gasteiger partial charge in [0.25, 0.3) is 0 Å². The van der Waals surface area contributed by atoms with Crippen molar-refractivity contribution in [3.05, 3.63) is 30.3 Å². The van der Waals surface area contributed by atoms with E-state index in [1.165, 1.54) is 7.11 Å². The van der Waals surface area contributed by atoms with Crippen molar-refractivity contribution in [1.29, 1.82) is 0 Å². The Kier molecular flexibility index (Phi) is 4.24. The summed E-state index contributed by atoms with van der Waals surface area (Å²) in [4.78, 5) is 24.7. The lowest BCUT2D eigenvalue weighted by molar-refractivity contribution is 0.222. The molecule has 0 bridgehead atoms. The maximum Gasteiger partial charge on any atom is 0.329 e. The standard InChI is InChI=1S/C12H17N2O4P/c1-18-19(16,17)10-9-13-7-8-14(12(13)15)11-5-3-2-4-6-11/h2-6H,7-10H2,1H3,(H,16,17). The van der Waals surface area contributed by atoms with Gasteiger partial charge >= 0.3 is 13.6 Å². The number of carbonyl (C=O) groups excluding carboxylic acids is 1. The molecule has 0 saturated carbocycles. The largest absolute Gasteiger partial charge is 0.329 e. The van der Waals surface area contributed by atoms with Crippen molar-refractivity contribution >= 4 is 19.3 Å². The van der Waals surface area contributed by atoms with Crippen molar-refractivity contribution in [1.82, 2.24) is 4.90 Å². The van der Waals surface area contributed by atoms with E-state index in [0.717, 1.165) is 5.69 Å². The molecule has 2 amide bonds. The predicted octanol–water partition coefficient (Wildman–Crippen LogP) is 1.76. The van der Waals surface area contributed by atoms with Gasteiger partial charge in [-0.25, -0.2) is 4.79 Å². The zero-order chi connectivity index (χ0) is 13.9. The number of urea groups is 1. The minimum atomic E-state index is -3.56. The monoisotopic (exact) mass is 284 g/mol. The molecule has 1 aliphatic rings. The van der Waals surface area contributed by atoms with Gasteiger partial charge in [0.1, 0.15) is 0 Å². The molecule has 1 unspecified atom stereocenters. The SMILES string of the molecule is COP(=O)(O)CCN1CCN(c2ccccc2)C1=O. The lowest BCUT2D eigenvalue weighted by Crippen LogP contribution is -2.33. The summed E-state index contributed by atoms with van der Waals surface area (Å²) in [6.07, 6.45) is -0.0438. The third kappa shape index (κ3) is 3.35. The molecule has 0 aliphatic carbocycles. The second kappa shape index (κ2) is 5.74. The van der Waals surface area contributed by atoms with Crippen LogP contribution < -0.4 is 4.90 Å². The first-order valence-corrected chi connectivity index (χ1v) is 7.79. The molecule has 104 valence electrons. The van der Waals surface area contributed by atoms with Crippen LogP contribution in [0.15, 0.2) is 30.3 Å². The summed E-state index contributed by atoms with van der Waals surface area (Å²) in [6, 6.07) is 9.24. The van der Waals surface area contributed by atoms with E-state index in [1.54, 1.807) is 9.80 Å². The molecular formula is C12H17N2O4P. The van der Waals surface area contributed by atoms with Gasteiger partial charge in [0.2, 0.25) is 0 Å². The second-order valence-corrected chi connectivity index (χ2v) is 6.39. The molecule has 1 aromatic rings. The smallest absolute Gasteiger partial charge is 0.324 e. The molecule has 0 aromatic heterocycles. The second-order valence-electron chi connectivity index (χ2n) is 4.30. The quantitative estimate of drug-likeness (QED) is 0.836. The summed E-state index contributed by atoms with van der Waals surface area (Å²) < 4.78 is 15.9. The molecule has 1 heterocycles. The predicted molar refractivity (Wildman–Crippen MR) is 72.5 cm³/mol. The molecule has 7 heteroatoms. The molecule has 0 spiro atoms. The molecule has 0 radical (unpaired) electrons. The van der Waals surface area contributed by atoms with Crippen molar-refractivity contribution in [3.8, 4) is 0 Å². The number of anilines is 1. The average Bonchev–Trinajstić information content (AvgIpc) is 2.79. The molecule has 1 N–H and O–H groups in total. The van der Waals surface area contributed by atoms with E-state index >= 15 is 0 Å². The van der Waals surface area contributed by atoms with Crippen LogP contribution in [0.2, 0.25) is 0 Å². The van der Waals surface area contributed by atoms with Crippen LogP contribution in [0.4, 0.5) is 10.5 Å². The van der Waals surface area contributed by atoms with Gasteiger partial charge in [0, 0.05) is 32.4 Å². The van der Waals surface area contributed by atoms with E-state index in [2.05, 4.69) is 4.52 Å². The zero-order valence-corrected chi connectivity index (χ0v) is 11.6. The summed E-state index contributed by atoms with van der Waals surface area (Å²) in [7, 11) is -2.36. The molecule has 1 atom stereocenters. The normalized spacial score (nSPS) is 18.7. The Balaban J connectivity index is 1.97. The summed E-state index contributed by atoms with van der Waals surface area (Å²) in [5, 5.41) is 0. The highest BCUT2D eigenvalue weighted by molar-refractivity contribution is 7.52. The van der Waals surface area contributed by atoms with E-state index in [0.29, 0.717) is 13.1 Å². The number of rotatable bonds is 5. The van der Waals surface area contributed by atoms with Crippen LogP contribution in [-0.2, 0) is 9.09 Å². The Morgan fingerprint density at radius 2 is 2.00 bits per heavy atom. The molecular weight excluding hydrogens is 267 g/mol. The van der Waals surface area contributed by atoms with Crippen LogP contribution in [0.1, 0.15) is 0 Å². The highest BCUT2D eigenvalue weighted by Gasteiger charge is 2.31. The minimum Gasteiger partial charge on any atom is -0.324 e. The average molecular weight is 284 g/mol. The van der Waals surface area contributed by atoms with Crippen LogP contribution in [0.25, 0.3) is 0 Å². The Hall–Kier alpha value is -1.36. The molecule has 19 heavy (non-hydrogen) atoms. The number of para-hydroxylation sites is 1. The molecule has 1 aliphatic heterocycles. The van der Waals surface area contributed by atoms with Crippen molar-refractivity contribution in [2.45, 2.75) is 0 Å². The molecule has 1 saturated heterocycles. The van der Waals surface area contributed by atoms with Crippen LogP contribution in [0.5, 0.6) is 0 Å². The van der Waals surface area contributed by atoms with Gasteiger partial charge in [0.05, 0.1) is 6.16 Å². The van der Waals surface area contributed by atoms with Gasteiger partial charge in [0.15, 0.2) is 0 Å². The van der Waals surface area contributed by atoms with E-state index in [9.17, 15) is 14.3 Å². The lowest BCUT2D eigenvalue weighted by Gasteiger charge is -2.19. The van der Waals surface area contributed by atoms with E-state index in [1.807, 2.05) is 30.3 Å². The first-order chi connectivity index (χ1) is 9.03. The molecule has 1 fully saturated rings. The van der Waals surface area contributed by atoms with Crippen LogP contribution in [0.3, 0.4) is 0 Å². The van der Waals surface area contributed by atoms with E-state index in [4.69, 9.17) is 0 Å². The molecule has 2 rings (SSSR count). The van der Waals surface area contributed by atoms with Gasteiger partial charge in [-0.2, -0.15) is 0 Å². The Bertz CT molecular complexity index is 494.